The van der Waals surface area contributed by atoms with Gasteiger partial charge in [0.2, 0.25) is 0 Å². The Hall–Kier alpha value is -2.78. The molecule has 0 unspecified atom stereocenters. The lowest BCUT2D eigenvalue weighted by Crippen LogP contribution is -1.97. The number of benzene rings is 3. The van der Waals surface area contributed by atoms with Crippen molar-refractivity contribution in [2.75, 3.05) is 6.26 Å². The Balaban J connectivity index is 2.00. The second kappa shape index (κ2) is 7.22. The molecule has 0 atom stereocenters. The SMILES string of the molecule is CSc1c(-c2ccccc2)c(-c2ccc(C)cc2)nn1-c1ccccc1. The van der Waals surface area contributed by atoms with Crippen molar-refractivity contribution in [1.29, 1.82) is 0 Å². The third-order valence-electron chi connectivity index (χ3n) is 4.42. The van der Waals surface area contributed by atoms with E-state index in [1.165, 1.54) is 16.7 Å². The minimum absolute atomic E-state index is 1.02. The van der Waals surface area contributed by atoms with E-state index >= 15 is 0 Å². The fourth-order valence-electron chi connectivity index (χ4n) is 3.11. The van der Waals surface area contributed by atoms with E-state index in [1.807, 2.05) is 6.07 Å². The molecule has 0 radical (unpaired) electrons. The van der Waals surface area contributed by atoms with Gasteiger partial charge in [-0.1, -0.05) is 78.4 Å². The maximum Gasteiger partial charge on any atom is 0.108 e. The van der Waals surface area contributed by atoms with Crippen LogP contribution in [-0.4, -0.2) is 16.0 Å². The van der Waals surface area contributed by atoms with Gasteiger partial charge < -0.3 is 0 Å². The van der Waals surface area contributed by atoms with E-state index in [0.717, 1.165) is 22.0 Å². The van der Waals surface area contributed by atoms with E-state index in [2.05, 4.69) is 96.7 Å². The molecule has 0 bridgehead atoms. The minimum Gasteiger partial charge on any atom is -0.226 e. The van der Waals surface area contributed by atoms with E-state index in [0.29, 0.717) is 0 Å². The Morgan fingerprint density at radius 2 is 1.35 bits per heavy atom. The summed E-state index contributed by atoms with van der Waals surface area (Å²) in [4.78, 5) is 0. The first kappa shape index (κ1) is 16.7. The van der Waals surface area contributed by atoms with Crippen LogP contribution in [0.1, 0.15) is 5.56 Å². The Labute approximate surface area is 158 Å². The van der Waals surface area contributed by atoms with Crippen molar-refractivity contribution in [3.05, 3.63) is 90.5 Å². The quantitative estimate of drug-likeness (QED) is 0.403. The molecule has 0 fully saturated rings. The van der Waals surface area contributed by atoms with E-state index in [1.54, 1.807) is 11.8 Å². The van der Waals surface area contributed by atoms with Gasteiger partial charge in [-0.3, -0.25) is 0 Å². The van der Waals surface area contributed by atoms with Gasteiger partial charge in [0.1, 0.15) is 10.7 Å². The van der Waals surface area contributed by atoms with Crippen LogP contribution in [0.3, 0.4) is 0 Å². The van der Waals surface area contributed by atoms with Gasteiger partial charge in [0, 0.05) is 11.1 Å². The predicted octanol–water partition coefficient (Wildman–Crippen LogP) is 6.24. The standard InChI is InChI=1S/C23H20N2S/c1-17-13-15-19(16-14-17)22-21(18-9-5-3-6-10-18)23(26-2)25(24-22)20-11-7-4-8-12-20/h3-16H,1-2H3. The zero-order valence-corrected chi connectivity index (χ0v) is 15.7. The fourth-order valence-corrected chi connectivity index (χ4v) is 3.85. The average Bonchev–Trinajstić information content (AvgIpc) is 3.09. The summed E-state index contributed by atoms with van der Waals surface area (Å²) < 4.78 is 2.06. The van der Waals surface area contributed by atoms with Gasteiger partial charge in [-0.25, -0.2) is 4.68 Å². The number of aromatic nitrogens is 2. The van der Waals surface area contributed by atoms with Crippen molar-refractivity contribution in [2.24, 2.45) is 0 Å². The molecule has 4 aromatic rings. The molecule has 0 saturated heterocycles. The number of aryl methyl sites for hydroxylation is 1. The summed E-state index contributed by atoms with van der Waals surface area (Å²) in [6.45, 7) is 2.11. The molecule has 26 heavy (non-hydrogen) atoms. The van der Waals surface area contributed by atoms with Crippen LogP contribution in [0.25, 0.3) is 28.1 Å². The predicted molar refractivity (Wildman–Crippen MR) is 111 cm³/mol. The third kappa shape index (κ3) is 3.06. The smallest absolute Gasteiger partial charge is 0.108 e. The van der Waals surface area contributed by atoms with Gasteiger partial charge in [0.15, 0.2) is 0 Å². The molecule has 128 valence electrons. The van der Waals surface area contributed by atoms with Crippen LogP contribution in [0, 0.1) is 6.92 Å². The number of rotatable bonds is 4. The Morgan fingerprint density at radius 3 is 1.96 bits per heavy atom. The van der Waals surface area contributed by atoms with Crippen molar-refractivity contribution in [1.82, 2.24) is 9.78 Å². The molecule has 0 spiro atoms. The highest BCUT2D eigenvalue weighted by atomic mass is 32.2. The number of hydrogen-bond donors (Lipinski definition) is 0. The van der Waals surface area contributed by atoms with Gasteiger partial charge in [0.05, 0.1) is 5.69 Å². The molecule has 0 saturated carbocycles. The van der Waals surface area contributed by atoms with Crippen LogP contribution >= 0.6 is 11.8 Å². The zero-order chi connectivity index (χ0) is 17.9. The molecular weight excluding hydrogens is 336 g/mol. The summed E-state index contributed by atoms with van der Waals surface area (Å²) in [7, 11) is 0. The lowest BCUT2D eigenvalue weighted by molar-refractivity contribution is 0.808. The van der Waals surface area contributed by atoms with E-state index < -0.39 is 0 Å². The number of para-hydroxylation sites is 1. The lowest BCUT2D eigenvalue weighted by atomic mass is 10.0. The molecule has 0 aliphatic heterocycles. The molecule has 0 aliphatic carbocycles. The van der Waals surface area contributed by atoms with Gasteiger partial charge in [-0.05, 0) is 30.9 Å². The molecular formula is C23H20N2S. The summed E-state index contributed by atoms with van der Waals surface area (Å²) in [5.41, 5.74) is 6.86. The fraction of sp³-hybridized carbons (Fsp3) is 0.0870. The minimum atomic E-state index is 1.02. The monoisotopic (exact) mass is 356 g/mol. The third-order valence-corrected chi connectivity index (χ3v) is 5.19. The first-order valence-corrected chi connectivity index (χ1v) is 9.85. The molecule has 1 heterocycles. The zero-order valence-electron chi connectivity index (χ0n) is 14.9. The largest absolute Gasteiger partial charge is 0.226 e. The Bertz CT molecular complexity index is 1000. The number of nitrogens with zero attached hydrogens (tertiary/aromatic N) is 2. The van der Waals surface area contributed by atoms with Crippen LogP contribution in [-0.2, 0) is 0 Å². The Kier molecular flexibility index (Phi) is 4.63. The summed E-state index contributed by atoms with van der Waals surface area (Å²) in [6, 6.07) is 29.5. The van der Waals surface area contributed by atoms with Crippen LogP contribution < -0.4 is 0 Å². The molecule has 0 N–H and O–H groups in total. The molecule has 0 aliphatic rings. The summed E-state index contributed by atoms with van der Waals surface area (Å²) in [5.74, 6) is 0. The van der Waals surface area contributed by atoms with E-state index in [9.17, 15) is 0 Å². The topological polar surface area (TPSA) is 17.8 Å². The normalized spacial score (nSPS) is 10.8. The highest BCUT2D eigenvalue weighted by Crippen LogP contribution is 2.40. The summed E-state index contributed by atoms with van der Waals surface area (Å²) >= 11 is 1.73. The highest BCUT2D eigenvalue weighted by molar-refractivity contribution is 7.98. The van der Waals surface area contributed by atoms with E-state index in [4.69, 9.17) is 5.10 Å². The second-order valence-corrected chi connectivity index (χ2v) is 7.01. The van der Waals surface area contributed by atoms with E-state index in [-0.39, 0.29) is 0 Å². The van der Waals surface area contributed by atoms with Gasteiger partial charge >= 0.3 is 0 Å². The highest BCUT2D eigenvalue weighted by Gasteiger charge is 2.20. The van der Waals surface area contributed by atoms with Gasteiger partial charge in [0.25, 0.3) is 0 Å². The van der Waals surface area contributed by atoms with Crippen LogP contribution in [0.2, 0.25) is 0 Å². The maximum absolute atomic E-state index is 5.02. The second-order valence-electron chi connectivity index (χ2n) is 6.21. The summed E-state index contributed by atoms with van der Waals surface area (Å²) in [6.07, 6.45) is 2.11. The molecule has 3 aromatic carbocycles. The Morgan fingerprint density at radius 1 is 0.731 bits per heavy atom. The van der Waals surface area contributed by atoms with Gasteiger partial charge in [-0.15, -0.1) is 11.8 Å². The van der Waals surface area contributed by atoms with Gasteiger partial charge in [-0.2, -0.15) is 5.10 Å². The van der Waals surface area contributed by atoms with Crippen LogP contribution in [0.4, 0.5) is 0 Å². The molecule has 0 amide bonds. The molecule has 4 rings (SSSR count). The maximum atomic E-state index is 5.02. The molecule has 2 nitrogen and oxygen atoms in total. The van der Waals surface area contributed by atoms with Crippen LogP contribution in [0.15, 0.2) is 90.0 Å². The number of hydrogen-bond acceptors (Lipinski definition) is 2. The van der Waals surface area contributed by atoms with Crippen molar-refractivity contribution in [3.63, 3.8) is 0 Å². The first-order valence-electron chi connectivity index (χ1n) is 8.63. The van der Waals surface area contributed by atoms with Crippen molar-refractivity contribution in [2.45, 2.75) is 11.9 Å². The first-order chi connectivity index (χ1) is 12.8. The summed E-state index contributed by atoms with van der Waals surface area (Å²) in [5, 5.41) is 6.17. The average molecular weight is 356 g/mol. The van der Waals surface area contributed by atoms with Crippen molar-refractivity contribution in [3.8, 4) is 28.1 Å². The molecule has 1 aromatic heterocycles. The van der Waals surface area contributed by atoms with Crippen molar-refractivity contribution < 1.29 is 0 Å². The molecule has 3 heteroatoms. The lowest BCUT2D eigenvalue weighted by Gasteiger charge is -2.07. The number of thioether (sulfide) groups is 1. The van der Waals surface area contributed by atoms with Crippen molar-refractivity contribution >= 4 is 11.8 Å². The van der Waals surface area contributed by atoms with Crippen LogP contribution in [0.5, 0.6) is 0 Å².